The molecule has 0 aliphatic carbocycles. The van der Waals surface area contributed by atoms with E-state index in [9.17, 15) is 0 Å². The van der Waals surface area contributed by atoms with Gasteiger partial charge in [-0.1, -0.05) is 17.7 Å². The predicted octanol–water partition coefficient (Wildman–Crippen LogP) is 3.97. The van der Waals surface area contributed by atoms with E-state index in [1.807, 2.05) is 36.4 Å². The number of nitrogens with one attached hydrogen (secondary N) is 3. The molecule has 7 heteroatoms. The summed E-state index contributed by atoms with van der Waals surface area (Å²) in [5.74, 6) is 1.62. The van der Waals surface area contributed by atoms with Gasteiger partial charge in [0.2, 0.25) is 0 Å². The lowest BCUT2D eigenvalue weighted by Gasteiger charge is -2.24. The Labute approximate surface area is 169 Å². The zero-order chi connectivity index (χ0) is 19.2. The van der Waals surface area contributed by atoms with Gasteiger partial charge in [-0.05, 0) is 55.3 Å². The van der Waals surface area contributed by atoms with Gasteiger partial charge in [0, 0.05) is 43.3 Å². The summed E-state index contributed by atoms with van der Waals surface area (Å²) in [7, 11) is 0. The van der Waals surface area contributed by atoms with Crippen molar-refractivity contribution < 1.29 is 0 Å². The minimum Gasteiger partial charge on any atom is -0.366 e. The molecular formula is C21H23ClN6. The molecule has 0 amide bonds. The summed E-state index contributed by atoms with van der Waals surface area (Å²) in [6.07, 6.45) is 7.57. The first-order valence-corrected chi connectivity index (χ1v) is 9.89. The third-order valence-corrected chi connectivity index (χ3v) is 5.05. The predicted molar refractivity (Wildman–Crippen MR) is 114 cm³/mol. The van der Waals surface area contributed by atoms with Crippen LogP contribution >= 0.6 is 11.6 Å². The van der Waals surface area contributed by atoms with Crippen molar-refractivity contribution in [2.24, 2.45) is 0 Å². The minimum absolute atomic E-state index is 0.386. The van der Waals surface area contributed by atoms with Gasteiger partial charge in [0.1, 0.15) is 11.6 Å². The van der Waals surface area contributed by atoms with Crippen LogP contribution in [0.3, 0.4) is 0 Å². The standard InChI is InChI=1S/C21H23ClN6/c22-18-14-26-21(27-16-3-2-8-24-13-16)11-17(18)19-4-1-5-20(28-19)25-12-15-6-9-23-10-7-15/h1,4-7,9-11,14,16,24H,2-3,8,12-13H2,(H,25,28)(H,26,27)/t16-/m0/s1. The molecule has 1 atom stereocenters. The van der Waals surface area contributed by atoms with Crippen molar-refractivity contribution >= 4 is 23.2 Å². The lowest BCUT2D eigenvalue weighted by atomic mass is 10.1. The second-order valence-corrected chi connectivity index (χ2v) is 7.26. The number of anilines is 2. The number of hydrogen-bond acceptors (Lipinski definition) is 6. The highest BCUT2D eigenvalue weighted by atomic mass is 35.5. The molecule has 3 aromatic heterocycles. The first kappa shape index (κ1) is 18.7. The van der Waals surface area contributed by atoms with E-state index in [4.69, 9.17) is 16.6 Å². The zero-order valence-electron chi connectivity index (χ0n) is 15.5. The largest absolute Gasteiger partial charge is 0.366 e. The van der Waals surface area contributed by atoms with Gasteiger partial charge in [-0.25, -0.2) is 9.97 Å². The smallest absolute Gasteiger partial charge is 0.126 e. The van der Waals surface area contributed by atoms with E-state index >= 15 is 0 Å². The maximum absolute atomic E-state index is 6.43. The third kappa shape index (κ3) is 4.77. The number of aromatic nitrogens is 3. The van der Waals surface area contributed by atoms with Crippen molar-refractivity contribution in [3.05, 3.63) is 65.6 Å². The number of nitrogens with zero attached hydrogens (tertiary/aromatic N) is 3. The molecule has 144 valence electrons. The van der Waals surface area contributed by atoms with E-state index in [2.05, 4.69) is 25.9 Å². The van der Waals surface area contributed by atoms with E-state index < -0.39 is 0 Å². The Morgan fingerprint density at radius 1 is 1.14 bits per heavy atom. The Hall–Kier alpha value is -2.70. The zero-order valence-corrected chi connectivity index (χ0v) is 16.3. The summed E-state index contributed by atoms with van der Waals surface area (Å²) in [5.41, 5.74) is 2.84. The molecule has 1 saturated heterocycles. The van der Waals surface area contributed by atoms with Crippen LogP contribution in [0, 0.1) is 0 Å². The highest BCUT2D eigenvalue weighted by Crippen LogP contribution is 2.29. The summed E-state index contributed by atoms with van der Waals surface area (Å²) in [5, 5.41) is 10.8. The van der Waals surface area contributed by atoms with Crippen LogP contribution in [0.5, 0.6) is 0 Å². The molecule has 3 aromatic rings. The molecule has 28 heavy (non-hydrogen) atoms. The van der Waals surface area contributed by atoms with E-state index in [-0.39, 0.29) is 0 Å². The van der Waals surface area contributed by atoms with Crippen molar-refractivity contribution in [3.8, 4) is 11.3 Å². The lowest BCUT2D eigenvalue weighted by Crippen LogP contribution is -2.38. The Morgan fingerprint density at radius 2 is 2.04 bits per heavy atom. The average molecular weight is 395 g/mol. The van der Waals surface area contributed by atoms with Crippen LogP contribution in [0.2, 0.25) is 5.02 Å². The third-order valence-electron chi connectivity index (χ3n) is 4.75. The van der Waals surface area contributed by atoms with Gasteiger partial charge in [0.15, 0.2) is 0 Å². The van der Waals surface area contributed by atoms with Gasteiger partial charge in [0.05, 0.1) is 10.7 Å². The molecule has 6 nitrogen and oxygen atoms in total. The maximum Gasteiger partial charge on any atom is 0.126 e. The SMILES string of the molecule is Clc1cnc(N[C@H]2CCCNC2)cc1-c1cccc(NCc2ccncc2)n1. The molecule has 0 aromatic carbocycles. The van der Waals surface area contributed by atoms with Crippen LogP contribution in [0.1, 0.15) is 18.4 Å². The van der Waals surface area contributed by atoms with Gasteiger partial charge >= 0.3 is 0 Å². The molecule has 0 saturated carbocycles. The Bertz CT molecular complexity index is 912. The average Bonchev–Trinajstić information content (AvgIpc) is 2.75. The first-order valence-electron chi connectivity index (χ1n) is 9.51. The fourth-order valence-corrected chi connectivity index (χ4v) is 3.47. The van der Waals surface area contributed by atoms with Gasteiger partial charge in [0.25, 0.3) is 0 Å². The summed E-state index contributed by atoms with van der Waals surface area (Å²) >= 11 is 6.43. The van der Waals surface area contributed by atoms with Crippen LogP contribution in [0.15, 0.2) is 55.0 Å². The lowest BCUT2D eigenvalue weighted by molar-refractivity contribution is 0.479. The molecular weight excluding hydrogens is 372 g/mol. The Kier molecular flexibility index (Phi) is 5.99. The van der Waals surface area contributed by atoms with Crippen molar-refractivity contribution in [3.63, 3.8) is 0 Å². The number of rotatable bonds is 6. The second-order valence-electron chi connectivity index (χ2n) is 6.85. The topological polar surface area (TPSA) is 74.8 Å². The molecule has 0 bridgehead atoms. The molecule has 1 fully saturated rings. The molecule has 0 spiro atoms. The van der Waals surface area contributed by atoms with E-state index in [1.54, 1.807) is 18.6 Å². The molecule has 0 radical (unpaired) electrons. The van der Waals surface area contributed by atoms with E-state index in [1.165, 1.54) is 6.42 Å². The van der Waals surface area contributed by atoms with Crippen molar-refractivity contribution in [1.82, 2.24) is 20.3 Å². The summed E-state index contributed by atoms with van der Waals surface area (Å²) in [4.78, 5) is 13.2. The highest BCUT2D eigenvalue weighted by molar-refractivity contribution is 6.33. The quantitative estimate of drug-likeness (QED) is 0.587. The number of hydrogen-bond donors (Lipinski definition) is 3. The monoisotopic (exact) mass is 394 g/mol. The van der Waals surface area contributed by atoms with Crippen LogP contribution in [0.4, 0.5) is 11.6 Å². The van der Waals surface area contributed by atoms with Gasteiger partial charge in [-0.3, -0.25) is 4.98 Å². The Balaban J connectivity index is 1.50. The van der Waals surface area contributed by atoms with Gasteiger partial charge < -0.3 is 16.0 Å². The fraction of sp³-hybridized carbons (Fsp3) is 0.286. The molecule has 1 aliphatic heterocycles. The number of piperidine rings is 1. The normalized spacial score (nSPS) is 16.5. The summed E-state index contributed by atoms with van der Waals surface area (Å²) in [6.45, 7) is 2.72. The van der Waals surface area contributed by atoms with Gasteiger partial charge in [-0.2, -0.15) is 0 Å². The highest BCUT2D eigenvalue weighted by Gasteiger charge is 2.14. The first-order chi connectivity index (χ1) is 13.8. The van der Waals surface area contributed by atoms with Crippen LogP contribution < -0.4 is 16.0 Å². The molecule has 4 heterocycles. The van der Waals surface area contributed by atoms with Crippen molar-refractivity contribution in [2.75, 3.05) is 23.7 Å². The molecule has 1 aliphatic rings. The summed E-state index contributed by atoms with van der Waals surface area (Å²) < 4.78 is 0. The van der Waals surface area contributed by atoms with Crippen LogP contribution in [-0.4, -0.2) is 34.1 Å². The van der Waals surface area contributed by atoms with Crippen LogP contribution in [-0.2, 0) is 6.54 Å². The maximum atomic E-state index is 6.43. The molecule has 4 rings (SSSR count). The Morgan fingerprint density at radius 3 is 2.86 bits per heavy atom. The van der Waals surface area contributed by atoms with Crippen LogP contribution in [0.25, 0.3) is 11.3 Å². The van der Waals surface area contributed by atoms with E-state index in [0.717, 1.165) is 48.0 Å². The molecule has 3 N–H and O–H groups in total. The second kappa shape index (κ2) is 8.99. The number of pyridine rings is 3. The minimum atomic E-state index is 0.386. The van der Waals surface area contributed by atoms with Crippen molar-refractivity contribution in [2.45, 2.75) is 25.4 Å². The van der Waals surface area contributed by atoms with E-state index in [0.29, 0.717) is 17.6 Å². The number of halogens is 1. The molecule has 0 unspecified atom stereocenters. The van der Waals surface area contributed by atoms with Crippen molar-refractivity contribution in [1.29, 1.82) is 0 Å². The summed E-state index contributed by atoms with van der Waals surface area (Å²) in [6, 6.07) is 12.2. The van der Waals surface area contributed by atoms with Gasteiger partial charge in [-0.15, -0.1) is 0 Å². The fourth-order valence-electron chi connectivity index (χ4n) is 3.27.